The summed E-state index contributed by atoms with van der Waals surface area (Å²) < 4.78 is 17.4. The summed E-state index contributed by atoms with van der Waals surface area (Å²) in [6.45, 7) is 3.52. The highest BCUT2D eigenvalue weighted by Gasteiger charge is 2.24. The number of piperidine rings is 1. The fraction of sp³-hybridized carbons (Fsp3) is 0.257. The van der Waals surface area contributed by atoms with E-state index in [1.54, 1.807) is 26.6 Å². The standard InChI is InChI=1S/C35H36N6O5/c1-22-11-13-25-26(8-4-10-28(25)38-20-23-12-14-30(44-2)31(19-23)45-3)32(22)46-33-27(9-5-16-36-33)29-15-17-37-34(40-29)39-24-7-6-18-41(21-24)35(42)43/h4-5,8-17,19,24,38H,6-7,18,20-21H2,1-3H3,(H,42,43)(H,37,39,40)/t24-/m0/s1. The Morgan fingerprint density at radius 1 is 0.978 bits per heavy atom. The maximum absolute atomic E-state index is 11.5. The maximum atomic E-state index is 11.5. The fourth-order valence-corrected chi connectivity index (χ4v) is 5.71. The number of ether oxygens (including phenoxy) is 3. The van der Waals surface area contributed by atoms with Crippen molar-refractivity contribution in [2.75, 3.05) is 37.9 Å². The van der Waals surface area contributed by atoms with Crippen molar-refractivity contribution in [3.05, 3.63) is 90.3 Å². The van der Waals surface area contributed by atoms with Crippen molar-refractivity contribution in [2.45, 2.75) is 32.4 Å². The molecule has 2 aromatic heterocycles. The lowest BCUT2D eigenvalue weighted by atomic mass is 10.0. The Kier molecular flexibility index (Phi) is 9.00. The van der Waals surface area contributed by atoms with Crippen LogP contribution in [0.4, 0.5) is 16.4 Å². The van der Waals surface area contributed by atoms with Crippen molar-refractivity contribution in [2.24, 2.45) is 0 Å². The zero-order valence-corrected chi connectivity index (χ0v) is 26.0. The fourth-order valence-electron chi connectivity index (χ4n) is 5.71. The molecule has 0 spiro atoms. The number of methoxy groups -OCH3 is 2. The first-order valence-corrected chi connectivity index (χ1v) is 15.1. The molecule has 1 fully saturated rings. The molecule has 1 aliphatic rings. The number of carboxylic acid groups (broad SMARTS) is 1. The molecule has 3 aromatic carbocycles. The first kappa shape index (κ1) is 30.4. The van der Waals surface area contributed by atoms with Gasteiger partial charge in [0.15, 0.2) is 11.5 Å². The summed E-state index contributed by atoms with van der Waals surface area (Å²) in [6.07, 6.45) is 4.08. The van der Waals surface area contributed by atoms with Crippen molar-refractivity contribution >= 4 is 28.5 Å². The monoisotopic (exact) mass is 620 g/mol. The molecule has 1 aliphatic heterocycles. The zero-order valence-electron chi connectivity index (χ0n) is 26.0. The molecule has 0 bridgehead atoms. The van der Waals surface area contributed by atoms with Crippen LogP contribution in [0.3, 0.4) is 0 Å². The molecule has 11 heteroatoms. The van der Waals surface area contributed by atoms with Gasteiger partial charge in [-0.1, -0.05) is 30.3 Å². The molecule has 3 heterocycles. The van der Waals surface area contributed by atoms with Crippen molar-refractivity contribution in [1.82, 2.24) is 19.9 Å². The number of fused-ring (bicyclic) bond motifs is 1. The lowest BCUT2D eigenvalue weighted by molar-refractivity contribution is 0.132. The maximum Gasteiger partial charge on any atom is 0.407 e. The van der Waals surface area contributed by atoms with Gasteiger partial charge in [-0.3, -0.25) is 0 Å². The SMILES string of the molecule is COc1ccc(CNc2cccc3c(Oc4ncccc4-c4ccnc(N[C@H]5CCCN(C(=O)O)C5)n4)c(C)ccc23)cc1OC. The molecule has 0 unspecified atom stereocenters. The smallest absolute Gasteiger partial charge is 0.407 e. The van der Waals surface area contributed by atoms with Crippen LogP contribution in [0.2, 0.25) is 0 Å². The highest BCUT2D eigenvalue weighted by molar-refractivity contribution is 5.98. The number of aromatic nitrogens is 3. The second-order valence-corrected chi connectivity index (χ2v) is 11.1. The van der Waals surface area contributed by atoms with Gasteiger partial charge in [-0.2, -0.15) is 0 Å². The summed E-state index contributed by atoms with van der Waals surface area (Å²) in [5.41, 5.74) is 4.34. The van der Waals surface area contributed by atoms with Crippen LogP contribution in [0.1, 0.15) is 24.0 Å². The van der Waals surface area contributed by atoms with E-state index >= 15 is 0 Å². The average molecular weight is 621 g/mol. The van der Waals surface area contributed by atoms with Gasteiger partial charge in [-0.15, -0.1) is 0 Å². The number of hydrogen-bond acceptors (Lipinski definition) is 9. The van der Waals surface area contributed by atoms with Crippen LogP contribution in [-0.4, -0.2) is 64.4 Å². The number of rotatable bonds is 10. The molecule has 1 saturated heterocycles. The van der Waals surface area contributed by atoms with E-state index in [-0.39, 0.29) is 6.04 Å². The molecule has 0 radical (unpaired) electrons. The number of nitrogens with zero attached hydrogens (tertiary/aromatic N) is 4. The summed E-state index contributed by atoms with van der Waals surface area (Å²) in [5, 5.41) is 18.2. The highest BCUT2D eigenvalue weighted by Crippen LogP contribution is 2.39. The van der Waals surface area contributed by atoms with Gasteiger partial charge in [0.2, 0.25) is 11.8 Å². The number of likely N-dealkylation sites (tertiary alicyclic amines) is 1. The van der Waals surface area contributed by atoms with Crippen molar-refractivity contribution < 1.29 is 24.1 Å². The van der Waals surface area contributed by atoms with Crippen LogP contribution in [0, 0.1) is 6.92 Å². The minimum atomic E-state index is -0.914. The summed E-state index contributed by atoms with van der Waals surface area (Å²) in [7, 11) is 3.25. The normalized spacial score (nSPS) is 14.5. The van der Waals surface area contributed by atoms with Crippen LogP contribution in [0.15, 0.2) is 79.1 Å². The van der Waals surface area contributed by atoms with E-state index in [4.69, 9.17) is 19.2 Å². The quantitative estimate of drug-likeness (QED) is 0.150. The number of pyridine rings is 1. The number of carbonyl (C=O) groups is 1. The van der Waals surface area contributed by atoms with Gasteiger partial charge >= 0.3 is 6.09 Å². The third-order valence-electron chi connectivity index (χ3n) is 8.07. The number of amides is 1. The predicted molar refractivity (Wildman–Crippen MR) is 177 cm³/mol. The Morgan fingerprint density at radius 2 is 1.85 bits per heavy atom. The van der Waals surface area contributed by atoms with Gasteiger partial charge in [0.05, 0.1) is 25.5 Å². The third kappa shape index (κ3) is 6.58. The number of aryl methyl sites for hydroxylation is 1. The predicted octanol–water partition coefficient (Wildman–Crippen LogP) is 6.98. The Morgan fingerprint density at radius 3 is 2.67 bits per heavy atom. The van der Waals surface area contributed by atoms with Gasteiger partial charge in [-0.05, 0) is 67.3 Å². The molecule has 0 aliphatic carbocycles. The molecule has 0 saturated carbocycles. The molecular weight excluding hydrogens is 584 g/mol. The van der Waals surface area contributed by atoms with Crippen molar-refractivity contribution in [3.8, 4) is 34.4 Å². The van der Waals surface area contributed by atoms with Gasteiger partial charge in [0.1, 0.15) is 5.75 Å². The van der Waals surface area contributed by atoms with Gasteiger partial charge in [-0.25, -0.2) is 19.7 Å². The Labute approximate surface area is 267 Å². The largest absolute Gasteiger partial charge is 0.493 e. The lowest BCUT2D eigenvalue weighted by Gasteiger charge is -2.31. The van der Waals surface area contributed by atoms with Crippen LogP contribution in [0.25, 0.3) is 22.0 Å². The minimum Gasteiger partial charge on any atom is -0.493 e. The Balaban J connectivity index is 1.25. The van der Waals surface area contributed by atoms with Crippen LogP contribution < -0.4 is 24.8 Å². The van der Waals surface area contributed by atoms with Crippen molar-refractivity contribution in [1.29, 1.82) is 0 Å². The molecule has 6 rings (SSSR count). The van der Waals surface area contributed by atoms with Crippen molar-refractivity contribution in [3.63, 3.8) is 0 Å². The molecule has 1 atom stereocenters. The summed E-state index contributed by atoms with van der Waals surface area (Å²) in [6, 6.07) is 21.6. The Bertz CT molecular complexity index is 1870. The topological polar surface area (TPSA) is 131 Å². The van der Waals surface area contributed by atoms with E-state index in [1.165, 1.54) is 4.90 Å². The van der Waals surface area contributed by atoms with E-state index in [9.17, 15) is 9.90 Å². The number of anilines is 2. The van der Waals surface area contributed by atoms with E-state index in [2.05, 4.69) is 26.7 Å². The first-order chi connectivity index (χ1) is 22.4. The minimum absolute atomic E-state index is 0.0717. The molecule has 1 amide bonds. The molecule has 5 aromatic rings. The molecule has 11 nitrogen and oxygen atoms in total. The second-order valence-electron chi connectivity index (χ2n) is 11.1. The van der Waals surface area contributed by atoms with Crippen LogP contribution >= 0.6 is 0 Å². The molecule has 236 valence electrons. The van der Waals surface area contributed by atoms with Crippen LogP contribution in [0.5, 0.6) is 23.1 Å². The van der Waals surface area contributed by atoms with E-state index < -0.39 is 6.09 Å². The van der Waals surface area contributed by atoms with E-state index in [0.717, 1.165) is 40.4 Å². The molecular formula is C35H36N6O5. The van der Waals surface area contributed by atoms with Gasteiger partial charge in [0.25, 0.3) is 0 Å². The average Bonchev–Trinajstić information content (AvgIpc) is 3.08. The molecule has 3 N–H and O–H groups in total. The van der Waals surface area contributed by atoms with E-state index in [1.807, 2.05) is 67.6 Å². The summed E-state index contributed by atoms with van der Waals surface area (Å²) >= 11 is 0. The molecule has 46 heavy (non-hydrogen) atoms. The number of hydrogen-bond donors (Lipinski definition) is 3. The van der Waals surface area contributed by atoms with Crippen LogP contribution in [-0.2, 0) is 6.54 Å². The first-order valence-electron chi connectivity index (χ1n) is 15.1. The number of nitrogens with one attached hydrogen (secondary N) is 2. The lowest BCUT2D eigenvalue weighted by Crippen LogP contribution is -2.44. The highest BCUT2D eigenvalue weighted by atomic mass is 16.5. The van der Waals surface area contributed by atoms with Gasteiger partial charge < -0.3 is 34.9 Å². The summed E-state index contributed by atoms with van der Waals surface area (Å²) in [5.74, 6) is 2.92. The Hall–Kier alpha value is -5.58. The number of benzene rings is 3. The second kappa shape index (κ2) is 13.6. The zero-order chi connectivity index (χ0) is 32.0. The van der Waals surface area contributed by atoms with E-state index in [0.29, 0.717) is 60.0 Å². The third-order valence-corrected chi connectivity index (χ3v) is 8.07. The summed E-state index contributed by atoms with van der Waals surface area (Å²) in [4.78, 5) is 26.6. The van der Waals surface area contributed by atoms with Gasteiger partial charge in [0, 0.05) is 54.5 Å².